The van der Waals surface area contributed by atoms with Gasteiger partial charge < -0.3 is 15.3 Å². The molecule has 5 nitrogen and oxygen atoms in total. The molecule has 0 unspecified atom stereocenters. The van der Waals surface area contributed by atoms with E-state index in [2.05, 4.69) is 32.5 Å². The fraction of sp³-hybridized carbons (Fsp3) is 0.714. The lowest BCUT2D eigenvalue weighted by Gasteiger charge is -2.20. The maximum atomic E-state index is 9.61. The summed E-state index contributed by atoms with van der Waals surface area (Å²) in [6, 6.07) is 0. The minimum atomic E-state index is -0.211. The number of aliphatic imine (C=N–C) groups is 1. The fourth-order valence-electron chi connectivity index (χ4n) is 2.29. The van der Waals surface area contributed by atoms with E-state index < -0.39 is 0 Å². The standard InChI is InChI=1S/C14H24N4OS/c1-3-15-14(18-8-6-12(19)9-18)16-7-4-5-13-17-11(2)10-20-13/h10,12,19H,3-9H2,1-2H3,(H,15,16)/t12-/m1/s1. The molecule has 1 atom stereocenters. The summed E-state index contributed by atoms with van der Waals surface area (Å²) in [5, 5.41) is 16.2. The van der Waals surface area contributed by atoms with Crippen molar-refractivity contribution in [2.75, 3.05) is 26.2 Å². The molecule has 1 aliphatic heterocycles. The molecule has 20 heavy (non-hydrogen) atoms. The van der Waals surface area contributed by atoms with Gasteiger partial charge in [0.25, 0.3) is 0 Å². The highest BCUT2D eigenvalue weighted by Crippen LogP contribution is 2.11. The first-order valence-electron chi connectivity index (χ1n) is 7.31. The van der Waals surface area contributed by atoms with Gasteiger partial charge in [0.15, 0.2) is 5.96 Å². The largest absolute Gasteiger partial charge is 0.391 e. The molecule has 2 N–H and O–H groups in total. The van der Waals surface area contributed by atoms with Crippen molar-refractivity contribution >= 4 is 17.3 Å². The van der Waals surface area contributed by atoms with Crippen molar-refractivity contribution in [3.63, 3.8) is 0 Å². The topological polar surface area (TPSA) is 60.8 Å². The molecule has 1 saturated heterocycles. The van der Waals surface area contributed by atoms with Gasteiger partial charge in [0.2, 0.25) is 0 Å². The van der Waals surface area contributed by atoms with Gasteiger partial charge >= 0.3 is 0 Å². The van der Waals surface area contributed by atoms with E-state index in [1.165, 1.54) is 5.01 Å². The van der Waals surface area contributed by atoms with Crippen LogP contribution in [0.4, 0.5) is 0 Å². The Morgan fingerprint density at radius 3 is 3.10 bits per heavy atom. The number of aliphatic hydroxyl groups is 1. The second-order valence-corrected chi connectivity index (χ2v) is 6.05. The molecule has 1 fully saturated rings. The first kappa shape index (κ1) is 15.3. The number of hydrogen-bond acceptors (Lipinski definition) is 4. The van der Waals surface area contributed by atoms with Crippen molar-refractivity contribution in [3.8, 4) is 0 Å². The van der Waals surface area contributed by atoms with Gasteiger partial charge in [-0.05, 0) is 26.7 Å². The van der Waals surface area contributed by atoms with Crippen LogP contribution in [0.25, 0.3) is 0 Å². The van der Waals surface area contributed by atoms with Crippen LogP contribution in [0.3, 0.4) is 0 Å². The number of likely N-dealkylation sites (tertiary alicyclic amines) is 1. The number of rotatable bonds is 5. The molecule has 0 radical (unpaired) electrons. The summed E-state index contributed by atoms with van der Waals surface area (Å²) >= 11 is 1.73. The minimum Gasteiger partial charge on any atom is -0.391 e. The number of hydrogen-bond donors (Lipinski definition) is 2. The molecule has 0 aliphatic carbocycles. The average Bonchev–Trinajstić information content (AvgIpc) is 3.02. The van der Waals surface area contributed by atoms with Gasteiger partial charge in [-0.3, -0.25) is 4.99 Å². The zero-order valence-electron chi connectivity index (χ0n) is 12.3. The van der Waals surface area contributed by atoms with Crippen molar-refractivity contribution in [2.45, 2.75) is 39.2 Å². The van der Waals surface area contributed by atoms with Gasteiger partial charge in [-0.15, -0.1) is 11.3 Å². The van der Waals surface area contributed by atoms with Crippen LogP contribution >= 0.6 is 11.3 Å². The van der Waals surface area contributed by atoms with Crippen molar-refractivity contribution in [1.29, 1.82) is 0 Å². The van der Waals surface area contributed by atoms with Crippen LogP contribution in [0.5, 0.6) is 0 Å². The van der Waals surface area contributed by atoms with E-state index in [0.717, 1.165) is 50.6 Å². The zero-order chi connectivity index (χ0) is 14.4. The minimum absolute atomic E-state index is 0.211. The predicted octanol–water partition coefficient (Wildman–Crippen LogP) is 1.42. The zero-order valence-corrected chi connectivity index (χ0v) is 13.1. The summed E-state index contributed by atoms with van der Waals surface area (Å²) in [6.07, 6.45) is 2.63. The molecule has 1 aliphatic rings. The normalized spacial score (nSPS) is 19.6. The summed E-state index contributed by atoms with van der Waals surface area (Å²) in [4.78, 5) is 11.3. The van der Waals surface area contributed by atoms with Gasteiger partial charge in [0, 0.05) is 43.7 Å². The summed E-state index contributed by atoms with van der Waals surface area (Å²) < 4.78 is 0. The molecule has 2 rings (SSSR count). The van der Waals surface area contributed by atoms with Crippen LogP contribution in [-0.2, 0) is 6.42 Å². The summed E-state index contributed by atoms with van der Waals surface area (Å²) in [5.74, 6) is 0.930. The number of nitrogens with one attached hydrogen (secondary N) is 1. The van der Waals surface area contributed by atoms with Crippen LogP contribution in [0.15, 0.2) is 10.4 Å². The van der Waals surface area contributed by atoms with Gasteiger partial charge in [0.1, 0.15) is 0 Å². The van der Waals surface area contributed by atoms with E-state index >= 15 is 0 Å². The maximum absolute atomic E-state index is 9.61. The van der Waals surface area contributed by atoms with Crippen LogP contribution in [0.1, 0.15) is 30.5 Å². The Kier molecular flexibility index (Phi) is 5.79. The summed E-state index contributed by atoms with van der Waals surface area (Å²) in [7, 11) is 0. The van der Waals surface area contributed by atoms with E-state index in [9.17, 15) is 5.11 Å². The predicted molar refractivity (Wildman–Crippen MR) is 83.3 cm³/mol. The second-order valence-electron chi connectivity index (χ2n) is 5.11. The van der Waals surface area contributed by atoms with E-state index in [4.69, 9.17) is 0 Å². The Labute approximate surface area is 124 Å². The smallest absolute Gasteiger partial charge is 0.194 e. The Balaban J connectivity index is 1.80. The first-order chi connectivity index (χ1) is 9.69. The maximum Gasteiger partial charge on any atom is 0.194 e. The lowest BCUT2D eigenvalue weighted by molar-refractivity contribution is 0.188. The number of guanidine groups is 1. The molecule has 1 aromatic rings. The van der Waals surface area contributed by atoms with E-state index in [0.29, 0.717) is 6.54 Å². The van der Waals surface area contributed by atoms with E-state index in [1.807, 2.05) is 6.92 Å². The third kappa shape index (κ3) is 4.45. The number of aliphatic hydroxyl groups excluding tert-OH is 1. The Morgan fingerprint density at radius 1 is 1.65 bits per heavy atom. The van der Waals surface area contributed by atoms with Gasteiger partial charge in [-0.1, -0.05) is 0 Å². The van der Waals surface area contributed by atoms with Crippen LogP contribution in [0.2, 0.25) is 0 Å². The van der Waals surface area contributed by atoms with Crippen molar-refractivity contribution in [3.05, 3.63) is 16.1 Å². The molecular weight excluding hydrogens is 272 g/mol. The third-order valence-electron chi connectivity index (χ3n) is 3.27. The number of nitrogens with zero attached hydrogens (tertiary/aromatic N) is 3. The summed E-state index contributed by atoms with van der Waals surface area (Å²) in [5.41, 5.74) is 1.10. The van der Waals surface area contributed by atoms with Gasteiger partial charge in [-0.25, -0.2) is 4.98 Å². The SMILES string of the molecule is CCNC(=NCCCc1nc(C)cs1)N1CC[C@@H](O)C1. The highest BCUT2D eigenvalue weighted by atomic mass is 32.1. The lowest BCUT2D eigenvalue weighted by atomic mass is 10.3. The summed E-state index contributed by atoms with van der Waals surface area (Å²) in [6.45, 7) is 7.33. The molecular formula is C14H24N4OS. The molecule has 0 amide bonds. The first-order valence-corrected chi connectivity index (χ1v) is 8.19. The van der Waals surface area contributed by atoms with Crippen molar-refractivity contribution in [1.82, 2.24) is 15.2 Å². The second kappa shape index (κ2) is 7.59. The van der Waals surface area contributed by atoms with Gasteiger partial charge in [-0.2, -0.15) is 0 Å². The van der Waals surface area contributed by atoms with Crippen molar-refractivity contribution < 1.29 is 5.11 Å². The molecule has 0 aromatic carbocycles. The Bertz CT molecular complexity index is 446. The number of thiazole rings is 1. The number of aromatic nitrogens is 1. The molecule has 0 bridgehead atoms. The molecule has 0 saturated carbocycles. The highest BCUT2D eigenvalue weighted by Gasteiger charge is 2.22. The van der Waals surface area contributed by atoms with E-state index in [1.54, 1.807) is 11.3 Å². The quantitative estimate of drug-likeness (QED) is 0.490. The Morgan fingerprint density at radius 2 is 2.50 bits per heavy atom. The molecule has 6 heteroatoms. The third-order valence-corrected chi connectivity index (χ3v) is 4.30. The van der Waals surface area contributed by atoms with Crippen molar-refractivity contribution in [2.24, 2.45) is 4.99 Å². The average molecular weight is 296 g/mol. The lowest BCUT2D eigenvalue weighted by Crippen LogP contribution is -2.40. The fourth-order valence-corrected chi connectivity index (χ4v) is 3.11. The molecule has 1 aromatic heterocycles. The molecule has 112 valence electrons. The number of aryl methyl sites for hydroxylation is 2. The van der Waals surface area contributed by atoms with Crippen LogP contribution in [-0.4, -0.2) is 53.2 Å². The Hall–Kier alpha value is -1.14. The van der Waals surface area contributed by atoms with Gasteiger partial charge in [0.05, 0.1) is 11.1 Å². The molecule has 2 heterocycles. The number of β-amino-alcohol motifs (C(OH)–C–C–N with tert-alkyl or cyclic N) is 1. The monoisotopic (exact) mass is 296 g/mol. The van der Waals surface area contributed by atoms with E-state index in [-0.39, 0.29) is 6.10 Å². The highest BCUT2D eigenvalue weighted by molar-refractivity contribution is 7.09. The molecule has 0 spiro atoms. The van der Waals surface area contributed by atoms with Crippen LogP contribution < -0.4 is 5.32 Å². The van der Waals surface area contributed by atoms with Crippen LogP contribution in [0, 0.1) is 6.92 Å².